The van der Waals surface area contributed by atoms with Crippen LogP contribution in [0.25, 0.3) is 0 Å². The van der Waals surface area contributed by atoms with Gasteiger partial charge in [0.05, 0.1) is 21.6 Å². The normalized spacial score (nSPS) is 28.7. The van der Waals surface area contributed by atoms with E-state index in [9.17, 15) is 5.11 Å². The topological polar surface area (TPSA) is 29.5 Å². The van der Waals surface area contributed by atoms with Crippen molar-refractivity contribution in [2.45, 2.75) is 50.2 Å². The van der Waals surface area contributed by atoms with Gasteiger partial charge in [0.2, 0.25) is 0 Å². The molecule has 2 atom stereocenters. The lowest BCUT2D eigenvalue weighted by atomic mass is 9.81. The summed E-state index contributed by atoms with van der Waals surface area (Å²) in [6.07, 6.45) is 6.37. The third-order valence-electron chi connectivity index (χ3n) is 4.41. The molecule has 1 aliphatic carbocycles. The average molecular weight is 287 g/mol. The molecule has 2 aliphatic rings. The van der Waals surface area contributed by atoms with Crippen molar-refractivity contribution in [1.82, 2.24) is 0 Å². The first-order valence-corrected chi connectivity index (χ1v) is 8.01. The number of hydrogen-bond donors (Lipinski definition) is 1. The number of thiophene rings is 1. The molecule has 0 radical (unpaired) electrons. The Morgan fingerprint density at radius 3 is 2.89 bits per heavy atom. The van der Waals surface area contributed by atoms with Gasteiger partial charge in [0.15, 0.2) is 0 Å². The fourth-order valence-electron chi connectivity index (χ4n) is 3.43. The molecule has 1 aliphatic heterocycles. The summed E-state index contributed by atoms with van der Waals surface area (Å²) in [6, 6.07) is 1.87. The number of halogens is 1. The zero-order valence-corrected chi connectivity index (χ0v) is 12.0. The minimum absolute atomic E-state index is 0.0631. The summed E-state index contributed by atoms with van der Waals surface area (Å²) in [4.78, 5) is 0.928. The molecule has 2 fully saturated rings. The van der Waals surface area contributed by atoms with Gasteiger partial charge in [0.25, 0.3) is 0 Å². The Bertz CT molecular complexity index is 412. The van der Waals surface area contributed by atoms with Gasteiger partial charge in [-0.25, -0.2) is 0 Å². The van der Waals surface area contributed by atoms with Gasteiger partial charge in [0.1, 0.15) is 0 Å². The van der Waals surface area contributed by atoms with Gasteiger partial charge in [-0.2, -0.15) is 0 Å². The first kappa shape index (κ1) is 12.9. The lowest BCUT2D eigenvalue weighted by Gasteiger charge is -2.40. The third-order valence-corrected chi connectivity index (χ3v) is 5.83. The second-order valence-corrected chi connectivity index (χ2v) is 6.92. The maximum Gasteiger partial charge on any atom is 0.0926 e. The number of aliphatic hydroxyl groups excluding tert-OH is 1. The first-order valence-electron chi connectivity index (χ1n) is 6.75. The van der Waals surface area contributed by atoms with Crippen LogP contribution >= 0.6 is 22.9 Å². The Morgan fingerprint density at radius 2 is 2.22 bits per heavy atom. The molecule has 1 saturated carbocycles. The van der Waals surface area contributed by atoms with Crippen molar-refractivity contribution in [3.8, 4) is 0 Å². The summed E-state index contributed by atoms with van der Waals surface area (Å²) in [6.45, 7) is 0.782. The molecular formula is C14H19ClO2S. The molecule has 4 heteroatoms. The predicted octanol–water partition coefficient (Wildman–Crippen LogP) is 4.17. The summed E-state index contributed by atoms with van der Waals surface area (Å²) in [5.74, 6) is 0.299. The zero-order chi connectivity index (χ0) is 12.6. The van der Waals surface area contributed by atoms with Crippen molar-refractivity contribution in [2.75, 3.05) is 6.61 Å². The number of hydrogen-bond acceptors (Lipinski definition) is 3. The zero-order valence-electron chi connectivity index (χ0n) is 10.4. The van der Waals surface area contributed by atoms with E-state index in [1.54, 1.807) is 11.3 Å². The summed E-state index contributed by atoms with van der Waals surface area (Å²) in [5.41, 5.74) is 0.0631. The second-order valence-electron chi connectivity index (χ2n) is 5.57. The molecule has 100 valence electrons. The van der Waals surface area contributed by atoms with Crippen molar-refractivity contribution >= 4 is 22.9 Å². The maximum absolute atomic E-state index is 10.5. The van der Waals surface area contributed by atoms with Gasteiger partial charge >= 0.3 is 0 Å². The Kier molecular flexibility index (Phi) is 3.68. The van der Waals surface area contributed by atoms with Crippen LogP contribution in [0.4, 0.5) is 0 Å². The van der Waals surface area contributed by atoms with Gasteiger partial charge < -0.3 is 9.84 Å². The van der Waals surface area contributed by atoms with Crippen LogP contribution in [0.15, 0.2) is 11.4 Å². The lowest BCUT2D eigenvalue weighted by Crippen LogP contribution is -2.39. The van der Waals surface area contributed by atoms with E-state index in [4.69, 9.17) is 16.3 Å². The second kappa shape index (κ2) is 5.12. The van der Waals surface area contributed by atoms with Crippen LogP contribution < -0.4 is 0 Å². The Balaban J connectivity index is 1.74. The molecule has 1 aromatic rings. The Morgan fingerprint density at radius 1 is 1.44 bits per heavy atom. The monoisotopic (exact) mass is 286 g/mol. The highest BCUT2D eigenvalue weighted by Gasteiger charge is 2.42. The van der Waals surface area contributed by atoms with Gasteiger partial charge in [-0.05, 0) is 43.0 Å². The van der Waals surface area contributed by atoms with Crippen LogP contribution in [0, 0.1) is 5.92 Å². The quantitative estimate of drug-likeness (QED) is 0.884. The van der Waals surface area contributed by atoms with E-state index >= 15 is 0 Å². The van der Waals surface area contributed by atoms with E-state index < -0.39 is 6.10 Å². The van der Waals surface area contributed by atoms with Crippen molar-refractivity contribution in [1.29, 1.82) is 0 Å². The summed E-state index contributed by atoms with van der Waals surface area (Å²) in [5, 5.41) is 13.2. The highest BCUT2D eigenvalue weighted by atomic mass is 35.5. The molecule has 2 nitrogen and oxygen atoms in total. The summed E-state index contributed by atoms with van der Waals surface area (Å²) < 4.78 is 6.01. The maximum atomic E-state index is 10.5. The van der Waals surface area contributed by atoms with Crippen molar-refractivity contribution < 1.29 is 9.84 Å². The van der Waals surface area contributed by atoms with E-state index in [-0.39, 0.29) is 5.60 Å². The molecule has 18 heavy (non-hydrogen) atoms. The van der Waals surface area contributed by atoms with Gasteiger partial charge in [0, 0.05) is 6.61 Å². The average Bonchev–Trinajstić information content (AvgIpc) is 2.98. The van der Waals surface area contributed by atoms with E-state index in [1.165, 1.54) is 12.8 Å². The van der Waals surface area contributed by atoms with E-state index in [1.807, 2.05) is 11.4 Å². The molecule has 1 aromatic heterocycles. The van der Waals surface area contributed by atoms with Crippen LogP contribution in [0.1, 0.15) is 49.5 Å². The minimum atomic E-state index is -0.418. The number of aliphatic hydroxyl groups is 1. The molecule has 2 heterocycles. The molecule has 2 unspecified atom stereocenters. The molecule has 0 bridgehead atoms. The lowest BCUT2D eigenvalue weighted by molar-refractivity contribution is -0.112. The van der Waals surface area contributed by atoms with Crippen molar-refractivity contribution in [3.05, 3.63) is 21.3 Å². The largest absolute Gasteiger partial charge is 0.387 e. The molecule has 0 aromatic carbocycles. The van der Waals surface area contributed by atoms with E-state index in [2.05, 4.69) is 0 Å². The van der Waals surface area contributed by atoms with Gasteiger partial charge in [-0.1, -0.05) is 24.4 Å². The molecule has 3 rings (SSSR count). The molecule has 1 saturated heterocycles. The number of rotatable bonds is 2. The third kappa shape index (κ3) is 2.34. The SMILES string of the molecule is OC(c1sccc1Cl)C1CCOC2(CCCC2)C1. The fourth-order valence-corrected chi connectivity index (χ4v) is 4.68. The first-order chi connectivity index (χ1) is 8.70. The molecular weight excluding hydrogens is 268 g/mol. The van der Waals surface area contributed by atoms with Crippen LogP contribution in [0.2, 0.25) is 5.02 Å². The minimum Gasteiger partial charge on any atom is -0.387 e. The van der Waals surface area contributed by atoms with Crippen LogP contribution in [0.3, 0.4) is 0 Å². The van der Waals surface area contributed by atoms with Gasteiger partial charge in [-0.15, -0.1) is 11.3 Å². The smallest absolute Gasteiger partial charge is 0.0926 e. The van der Waals surface area contributed by atoms with Gasteiger partial charge in [-0.3, -0.25) is 0 Å². The predicted molar refractivity (Wildman–Crippen MR) is 74.2 cm³/mol. The van der Waals surface area contributed by atoms with Crippen LogP contribution in [0.5, 0.6) is 0 Å². The summed E-state index contributed by atoms with van der Waals surface area (Å²) in [7, 11) is 0. The standard InChI is InChI=1S/C14H19ClO2S/c15-11-4-8-18-13(11)12(16)10-3-7-17-14(9-10)5-1-2-6-14/h4,8,10,12,16H,1-3,5-7,9H2. The Labute approximate surface area is 117 Å². The summed E-state index contributed by atoms with van der Waals surface area (Å²) >= 11 is 7.68. The van der Waals surface area contributed by atoms with Crippen LogP contribution in [-0.4, -0.2) is 17.3 Å². The Hall–Kier alpha value is -0.0900. The molecule has 0 amide bonds. The molecule has 1 spiro atoms. The molecule has 1 N–H and O–H groups in total. The number of ether oxygens (including phenoxy) is 1. The van der Waals surface area contributed by atoms with Crippen molar-refractivity contribution in [3.63, 3.8) is 0 Å². The van der Waals surface area contributed by atoms with E-state index in [0.717, 1.165) is 37.2 Å². The highest BCUT2D eigenvalue weighted by Crippen LogP contribution is 2.46. The highest BCUT2D eigenvalue weighted by molar-refractivity contribution is 7.10. The van der Waals surface area contributed by atoms with E-state index in [0.29, 0.717) is 10.9 Å². The van der Waals surface area contributed by atoms with Crippen molar-refractivity contribution in [2.24, 2.45) is 5.92 Å². The van der Waals surface area contributed by atoms with Crippen LogP contribution in [-0.2, 0) is 4.74 Å². The fraction of sp³-hybridized carbons (Fsp3) is 0.714.